The molecule has 2 rings (SSSR count). The lowest BCUT2D eigenvalue weighted by atomic mass is 9.94. The molecular weight excluding hydrogens is 204 g/mol. The van der Waals surface area contributed by atoms with Crippen LogP contribution >= 0.6 is 11.8 Å². The summed E-state index contributed by atoms with van der Waals surface area (Å²) in [6.45, 7) is 1.04. The van der Waals surface area contributed by atoms with Gasteiger partial charge in [0.2, 0.25) is 0 Å². The van der Waals surface area contributed by atoms with Crippen molar-refractivity contribution < 1.29 is 0 Å². The van der Waals surface area contributed by atoms with Gasteiger partial charge in [-0.25, -0.2) is 0 Å². The summed E-state index contributed by atoms with van der Waals surface area (Å²) in [5, 5.41) is 4.50. The molecule has 1 fully saturated rings. The van der Waals surface area contributed by atoms with Crippen molar-refractivity contribution in [2.75, 3.05) is 12.8 Å². The molecule has 1 N–H and O–H groups in total. The van der Waals surface area contributed by atoms with Gasteiger partial charge in [-0.2, -0.15) is 11.8 Å². The monoisotopic (exact) mass is 226 g/mol. The van der Waals surface area contributed by atoms with Gasteiger partial charge in [0.25, 0.3) is 0 Å². The molecule has 2 unspecified atom stereocenters. The SMILES string of the molecule is CSC1CCCCC1NC1=NCCCC1. The zero-order valence-electron chi connectivity index (χ0n) is 9.67. The summed E-state index contributed by atoms with van der Waals surface area (Å²) in [4.78, 5) is 4.59. The summed E-state index contributed by atoms with van der Waals surface area (Å²) < 4.78 is 0. The van der Waals surface area contributed by atoms with Crippen molar-refractivity contribution >= 4 is 17.6 Å². The van der Waals surface area contributed by atoms with Crippen LogP contribution in [0.5, 0.6) is 0 Å². The van der Waals surface area contributed by atoms with Gasteiger partial charge >= 0.3 is 0 Å². The predicted molar refractivity (Wildman–Crippen MR) is 68.8 cm³/mol. The van der Waals surface area contributed by atoms with E-state index in [4.69, 9.17) is 0 Å². The molecule has 0 saturated heterocycles. The Balaban J connectivity index is 1.88. The van der Waals surface area contributed by atoms with E-state index in [2.05, 4.69) is 16.6 Å². The summed E-state index contributed by atoms with van der Waals surface area (Å²) in [6.07, 6.45) is 11.5. The van der Waals surface area contributed by atoms with Crippen LogP contribution in [-0.2, 0) is 0 Å². The van der Waals surface area contributed by atoms with Crippen LogP contribution in [0, 0.1) is 0 Å². The molecule has 0 aromatic carbocycles. The van der Waals surface area contributed by atoms with Gasteiger partial charge in [0.15, 0.2) is 0 Å². The molecule has 0 radical (unpaired) electrons. The fourth-order valence-electron chi connectivity index (χ4n) is 2.57. The molecule has 0 aromatic rings. The lowest BCUT2D eigenvalue weighted by Crippen LogP contribution is -2.44. The molecule has 15 heavy (non-hydrogen) atoms. The van der Waals surface area contributed by atoms with Gasteiger partial charge in [-0.1, -0.05) is 12.8 Å². The standard InChI is InChI=1S/C12H22N2S/c1-15-11-7-3-2-6-10(11)14-12-8-4-5-9-13-12/h10-11H,2-9H2,1H3,(H,13,14). The van der Waals surface area contributed by atoms with Crippen molar-refractivity contribution in [2.24, 2.45) is 4.99 Å². The van der Waals surface area contributed by atoms with Crippen molar-refractivity contribution in [3.8, 4) is 0 Å². The maximum Gasteiger partial charge on any atom is 0.0965 e. The van der Waals surface area contributed by atoms with Crippen molar-refractivity contribution in [1.82, 2.24) is 5.32 Å². The number of rotatable bonds is 2. The first-order chi connectivity index (χ1) is 7.40. The Morgan fingerprint density at radius 3 is 2.80 bits per heavy atom. The molecule has 1 saturated carbocycles. The third-order valence-electron chi connectivity index (χ3n) is 3.48. The minimum Gasteiger partial charge on any atom is -0.370 e. The number of thioether (sulfide) groups is 1. The molecule has 2 atom stereocenters. The molecule has 1 heterocycles. The Morgan fingerprint density at radius 1 is 1.20 bits per heavy atom. The van der Waals surface area contributed by atoms with Crippen LogP contribution in [0.4, 0.5) is 0 Å². The second-order valence-corrected chi connectivity index (χ2v) is 5.67. The van der Waals surface area contributed by atoms with E-state index in [1.807, 2.05) is 11.8 Å². The molecule has 0 spiro atoms. The Kier molecular flexibility index (Phi) is 4.36. The van der Waals surface area contributed by atoms with Crippen molar-refractivity contribution in [1.29, 1.82) is 0 Å². The highest BCUT2D eigenvalue weighted by molar-refractivity contribution is 7.99. The Hall–Kier alpha value is -0.180. The Labute approximate surface area is 97.3 Å². The van der Waals surface area contributed by atoms with E-state index in [1.54, 1.807) is 0 Å². The van der Waals surface area contributed by atoms with Crippen LogP contribution in [0.2, 0.25) is 0 Å². The van der Waals surface area contributed by atoms with Crippen molar-refractivity contribution in [2.45, 2.75) is 56.2 Å². The first kappa shape index (κ1) is 11.3. The molecule has 1 aliphatic carbocycles. The van der Waals surface area contributed by atoms with E-state index >= 15 is 0 Å². The van der Waals surface area contributed by atoms with Gasteiger partial charge in [0.05, 0.1) is 5.84 Å². The van der Waals surface area contributed by atoms with Crippen LogP contribution in [0.3, 0.4) is 0 Å². The van der Waals surface area contributed by atoms with Crippen LogP contribution in [0.25, 0.3) is 0 Å². The van der Waals surface area contributed by atoms with Gasteiger partial charge < -0.3 is 5.32 Å². The lowest BCUT2D eigenvalue weighted by molar-refractivity contribution is 0.421. The Bertz CT molecular complexity index is 228. The number of aliphatic imine (C=N–C) groups is 1. The van der Waals surface area contributed by atoms with Crippen molar-refractivity contribution in [3.05, 3.63) is 0 Å². The molecule has 3 heteroatoms. The highest BCUT2D eigenvalue weighted by Crippen LogP contribution is 2.27. The van der Waals surface area contributed by atoms with Crippen LogP contribution in [-0.4, -0.2) is 29.9 Å². The fourth-order valence-corrected chi connectivity index (χ4v) is 3.51. The maximum atomic E-state index is 4.59. The lowest BCUT2D eigenvalue weighted by Gasteiger charge is -2.32. The van der Waals surface area contributed by atoms with Crippen molar-refractivity contribution in [3.63, 3.8) is 0 Å². The van der Waals surface area contributed by atoms with Gasteiger partial charge in [-0.05, 0) is 31.9 Å². The molecule has 2 nitrogen and oxygen atoms in total. The van der Waals surface area contributed by atoms with Gasteiger partial charge in [0, 0.05) is 24.3 Å². The second-order valence-electron chi connectivity index (χ2n) is 4.59. The van der Waals surface area contributed by atoms with E-state index in [0.29, 0.717) is 6.04 Å². The number of hydrogen-bond donors (Lipinski definition) is 1. The Morgan fingerprint density at radius 2 is 2.07 bits per heavy atom. The minimum absolute atomic E-state index is 0.686. The summed E-state index contributed by atoms with van der Waals surface area (Å²) in [5.41, 5.74) is 0. The topological polar surface area (TPSA) is 24.4 Å². The van der Waals surface area contributed by atoms with E-state index in [-0.39, 0.29) is 0 Å². The third-order valence-corrected chi connectivity index (χ3v) is 4.65. The summed E-state index contributed by atoms with van der Waals surface area (Å²) in [5.74, 6) is 1.28. The highest BCUT2D eigenvalue weighted by atomic mass is 32.2. The second kappa shape index (κ2) is 5.78. The molecule has 2 aliphatic rings. The molecule has 0 bridgehead atoms. The summed E-state index contributed by atoms with van der Waals surface area (Å²) in [6, 6.07) is 0.686. The van der Waals surface area contributed by atoms with Gasteiger partial charge in [0.1, 0.15) is 0 Å². The average molecular weight is 226 g/mol. The average Bonchev–Trinajstić information content (AvgIpc) is 2.31. The smallest absolute Gasteiger partial charge is 0.0965 e. The molecule has 1 aliphatic heterocycles. The van der Waals surface area contributed by atoms with E-state index in [0.717, 1.165) is 11.8 Å². The van der Waals surface area contributed by atoms with Crippen LogP contribution < -0.4 is 5.32 Å². The maximum absolute atomic E-state index is 4.59. The number of amidine groups is 1. The zero-order valence-corrected chi connectivity index (χ0v) is 10.5. The highest BCUT2D eigenvalue weighted by Gasteiger charge is 2.25. The largest absolute Gasteiger partial charge is 0.370 e. The fraction of sp³-hybridized carbons (Fsp3) is 0.917. The number of nitrogens with one attached hydrogen (secondary N) is 1. The van der Waals surface area contributed by atoms with Crippen LogP contribution in [0.15, 0.2) is 4.99 Å². The van der Waals surface area contributed by atoms with Gasteiger partial charge in [-0.15, -0.1) is 0 Å². The first-order valence-electron chi connectivity index (χ1n) is 6.23. The van der Waals surface area contributed by atoms with Crippen LogP contribution in [0.1, 0.15) is 44.9 Å². The zero-order chi connectivity index (χ0) is 10.5. The van der Waals surface area contributed by atoms with E-state index in [9.17, 15) is 0 Å². The molecule has 86 valence electrons. The van der Waals surface area contributed by atoms with Gasteiger partial charge in [-0.3, -0.25) is 4.99 Å². The summed E-state index contributed by atoms with van der Waals surface area (Å²) in [7, 11) is 0. The molecule has 0 aromatic heterocycles. The quantitative estimate of drug-likeness (QED) is 0.783. The number of hydrogen-bond acceptors (Lipinski definition) is 3. The number of nitrogens with zero attached hydrogens (tertiary/aromatic N) is 1. The first-order valence-corrected chi connectivity index (χ1v) is 7.51. The molecule has 0 amide bonds. The normalized spacial score (nSPS) is 32.2. The predicted octanol–water partition coefficient (Wildman–Crippen LogP) is 2.83. The van der Waals surface area contributed by atoms with E-state index < -0.39 is 0 Å². The minimum atomic E-state index is 0.686. The van der Waals surface area contributed by atoms with E-state index in [1.165, 1.54) is 50.8 Å². The third kappa shape index (κ3) is 3.13. The molecular formula is C12H22N2S. The summed E-state index contributed by atoms with van der Waals surface area (Å²) >= 11 is 2.02.